The number of hydrogen-bond acceptors (Lipinski definition) is 10. The van der Waals surface area contributed by atoms with Crippen LogP contribution in [0.5, 0.6) is 17.2 Å². The first kappa shape index (κ1) is 23.4. The summed E-state index contributed by atoms with van der Waals surface area (Å²) in [5.41, 5.74) is 4.55. The summed E-state index contributed by atoms with van der Waals surface area (Å²) >= 11 is 1.21. The molecular formula is C23H24N4O6S. The van der Waals surface area contributed by atoms with Crippen molar-refractivity contribution in [3.8, 4) is 17.2 Å². The van der Waals surface area contributed by atoms with Crippen molar-refractivity contribution in [1.29, 1.82) is 0 Å². The lowest BCUT2D eigenvalue weighted by Gasteiger charge is -2.32. The molecular weight excluding hydrogens is 460 g/mol. The second-order valence-electron chi connectivity index (χ2n) is 7.23. The van der Waals surface area contributed by atoms with Gasteiger partial charge in [-0.25, -0.2) is 4.79 Å². The number of hydrogen-bond donors (Lipinski definition) is 1. The number of esters is 1. The van der Waals surface area contributed by atoms with Crippen molar-refractivity contribution in [2.45, 2.75) is 23.2 Å². The Morgan fingerprint density at radius 1 is 1.03 bits per heavy atom. The number of ketones is 1. The third-order valence-electron chi connectivity index (χ3n) is 5.30. The van der Waals surface area contributed by atoms with Gasteiger partial charge in [-0.2, -0.15) is 4.79 Å². The summed E-state index contributed by atoms with van der Waals surface area (Å²) in [5, 5.41) is 7.79. The average Bonchev–Trinajstić information content (AvgIpc) is 3.30. The predicted octanol–water partition coefficient (Wildman–Crippen LogP) is 3.12. The van der Waals surface area contributed by atoms with Crippen LogP contribution in [0.15, 0.2) is 47.5 Å². The lowest BCUT2D eigenvalue weighted by Crippen LogP contribution is -2.39. The molecule has 10 nitrogen and oxygen atoms in total. The lowest BCUT2D eigenvalue weighted by atomic mass is 9.97. The Balaban J connectivity index is 1.76. The van der Waals surface area contributed by atoms with Crippen molar-refractivity contribution in [2.75, 3.05) is 33.4 Å². The number of nitrogens with zero attached hydrogens (tertiary/aromatic N) is 3. The Bertz CT molecular complexity index is 1200. The number of carbonyl (C=O) groups excluding carboxylic acids is 2. The second-order valence-corrected chi connectivity index (χ2v) is 8.36. The fourth-order valence-corrected chi connectivity index (χ4v) is 4.86. The van der Waals surface area contributed by atoms with Crippen molar-refractivity contribution in [2.24, 2.45) is 0 Å². The Labute approximate surface area is 200 Å². The number of aromatic nitrogens is 3. The second kappa shape index (κ2) is 10.0. The van der Waals surface area contributed by atoms with E-state index < -0.39 is 17.3 Å². The molecule has 2 atom stereocenters. The predicted molar refractivity (Wildman–Crippen MR) is 125 cm³/mol. The first-order valence-corrected chi connectivity index (χ1v) is 11.3. The zero-order valence-corrected chi connectivity index (χ0v) is 19.9. The molecule has 0 unspecified atom stereocenters. The molecule has 4 rings (SSSR count). The maximum Gasteiger partial charge on any atom is 0.361 e. The number of methoxy groups -OCH3 is 3. The molecule has 2 aromatic carbocycles. The van der Waals surface area contributed by atoms with E-state index in [1.165, 1.54) is 16.6 Å². The molecule has 11 heteroatoms. The molecule has 1 aliphatic heterocycles. The Morgan fingerprint density at radius 2 is 1.76 bits per heavy atom. The van der Waals surface area contributed by atoms with Gasteiger partial charge in [0.15, 0.2) is 22.3 Å². The van der Waals surface area contributed by atoms with Crippen molar-refractivity contribution < 1.29 is 28.5 Å². The molecule has 0 bridgehead atoms. The molecule has 0 saturated carbocycles. The van der Waals surface area contributed by atoms with Crippen LogP contribution in [0.2, 0.25) is 0 Å². The summed E-state index contributed by atoms with van der Waals surface area (Å²) in [4.78, 5) is 27.5. The van der Waals surface area contributed by atoms with Crippen molar-refractivity contribution >= 4 is 23.5 Å². The molecule has 178 valence electrons. The fraction of sp³-hybridized carbons (Fsp3) is 0.304. The average molecular weight is 485 g/mol. The number of Topliss-reactive ketones (excluding diaryl/α,β-unsaturated/α-hetero) is 1. The van der Waals surface area contributed by atoms with Crippen LogP contribution in [0.25, 0.3) is 0 Å². The van der Waals surface area contributed by atoms with Crippen molar-refractivity contribution in [3.63, 3.8) is 0 Å². The standard InChI is InChI=1S/C23H24N4O6S/c1-5-33-23(29)19-22-27(26-24-19)25-18(14-8-11-16(31-3)17(12-14)32-4)21(34-22)20(28)13-6-9-15(30-2)10-7-13/h6-12,18,21,25H,5H2,1-4H3/t18-,21+/m1/s1. The van der Waals surface area contributed by atoms with E-state index in [4.69, 9.17) is 18.9 Å². The zero-order valence-electron chi connectivity index (χ0n) is 19.1. The van der Waals surface area contributed by atoms with Crippen LogP contribution in [-0.2, 0) is 4.74 Å². The van der Waals surface area contributed by atoms with Crippen LogP contribution in [0.1, 0.15) is 39.4 Å². The zero-order chi connectivity index (χ0) is 24.2. The van der Waals surface area contributed by atoms with E-state index in [1.54, 1.807) is 64.7 Å². The van der Waals surface area contributed by atoms with Crippen LogP contribution in [-0.4, -0.2) is 60.0 Å². The first-order chi connectivity index (χ1) is 16.5. The molecule has 1 N–H and O–H groups in total. The minimum Gasteiger partial charge on any atom is -0.497 e. The number of thioether (sulfide) groups is 1. The molecule has 3 aromatic rings. The van der Waals surface area contributed by atoms with Gasteiger partial charge in [-0.3, -0.25) is 10.2 Å². The summed E-state index contributed by atoms with van der Waals surface area (Å²) in [5.74, 6) is 1.01. The van der Waals surface area contributed by atoms with Gasteiger partial charge in [-0.1, -0.05) is 17.8 Å². The van der Waals surface area contributed by atoms with Gasteiger partial charge in [-0.15, -0.1) is 5.10 Å². The van der Waals surface area contributed by atoms with Gasteiger partial charge in [0.25, 0.3) is 0 Å². The lowest BCUT2D eigenvalue weighted by molar-refractivity contribution is 0.0514. The van der Waals surface area contributed by atoms with E-state index >= 15 is 0 Å². The largest absolute Gasteiger partial charge is 0.497 e. The molecule has 0 radical (unpaired) electrons. The third-order valence-corrected chi connectivity index (χ3v) is 6.63. The molecule has 0 fully saturated rings. The van der Waals surface area contributed by atoms with Crippen LogP contribution < -0.4 is 19.6 Å². The van der Waals surface area contributed by atoms with Crippen LogP contribution in [0.4, 0.5) is 0 Å². The number of benzene rings is 2. The SMILES string of the molecule is CCOC(=O)c1nnn2c1S[C@H](C(=O)c1ccc(OC)cc1)[C@@H](c1ccc(OC)c(OC)c1)N2. The molecule has 0 saturated heterocycles. The van der Waals surface area contributed by atoms with E-state index in [2.05, 4.69) is 15.7 Å². The highest BCUT2D eigenvalue weighted by Crippen LogP contribution is 2.42. The maximum atomic E-state index is 13.7. The Hall–Kier alpha value is -3.73. The van der Waals surface area contributed by atoms with E-state index in [0.29, 0.717) is 27.8 Å². The number of nitrogens with one attached hydrogen (secondary N) is 1. The smallest absolute Gasteiger partial charge is 0.361 e. The Kier molecular flexibility index (Phi) is 6.92. The van der Waals surface area contributed by atoms with E-state index in [-0.39, 0.29) is 18.1 Å². The molecule has 0 spiro atoms. The number of ether oxygens (including phenoxy) is 4. The van der Waals surface area contributed by atoms with E-state index in [9.17, 15) is 9.59 Å². The highest BCUT2D eigenvalue weighted by Gasteiger charge is 2.40. The fourth-order valence-electron chi connectivity index (χ4n) is 3.60. The minimum atomic E-state index is -0.648. The van der Waals surface area contributed by atoms with Gasteiger partial charge in [-0.05, 0) is 54.1 Å². The summed E-state index contributed by atoms with van der Waals surface area (Å²) in [6.45, 7) is 1.91. The first-order valence-electron chi connectivity index (χ1n) is 10.5. The van der Waals surface area contributed by atoms with Gasteiger partial charge in [0.2, 0.25) is 5.69 Å². The van der Waals surface area contributed by atoms with Crippen LogP contribution >= 0.6 is 11.8 Å². The summed E-state index contributed by atoms with van der Waals surface area (Å²) in [6.07, 6.45) is 0. The molecule has 1 aliphatic rings. The maximum absolute atomic E-state index is 13.7. The third kappa shape index (κ3) is 4.38. The van der Waals surface area contributed by atoms with Gasteiger partial charge in [0, 0.05) is 5.56 Å². The molecule has 0 amide bonds. The van der Waals surface area contributed by atoms with Gasteiger partial charge >= 0.3 is 5.97 Å². The van der Waals surface area contributed by atoms with Crippen molar-refractivity contribution in [3.05, 3.63) is 59.3 Å². The highest BCUT2D eigenvalue weighted by atomic mass is 32.2. The normalized spacial score (nSPS) is 16.7. The monoisotopic (exact) mass is 484 g/mol. The topological polar surface area (TPSA) is 114 Å². The Morgan fingerprint density at radius 3 is 2.41 bits per heavy atom. The molecule has 2 heterocycles. The number of carbonyl (C=O) groups is 2. The van der Waals surface area contributed by atoms with Crippen LogP contribution in [0.3, 0.4) is 0 Å². The van der Waals surface area contributed by atoms with Gasteiger partial charge in [0.1, 0.15) is 11.0 Å². The summed E-state index contributed by atoms with van der Waals surface area (Å²) in [6, 6.07) is 11.8. The van der Waals surface area contributed by atoms with E-state index in [0.717, 1.165) is 5.56 Å². The minimum absolute atomic E-state index is 0.0534. The number of fused-ring (bicyclic) bond motifs is 1. The van der Waals surface area contributed by atoms with Gasteiger partial charge < -0.3 is 18.9 Å². The van der Waals surface area contributed by atoms with Crippen LogP contribution in [0, 0.1) is 0 Å². The van der Waals surface area contributed by atoms with E-state index in [1.807, 2.05) is 6.07 Å². The highest BCUT2D eigenvalue weighted by molar-refractivity contribution is 8.00. The molecule has 1 aromatic heterocycles. The number of rotatable bonds is 8. The molecule has 0 aliphatic carbocycles. The quantitative estimate of drug-likeness (QED) is 0.378. The molecule has 34 heavy (non-hydrogen) atoms. The van der Waals surface area contributed by atoms with Gasteiger partial charge in [0.05, 0.1) is 34.0 Å². The summed E-state index contributed by atoms with van der Waals surface area (Å²) < 4.78 is 21.1. The summed E-state index contributed by atoms with van der Waals surface area (Å²) in [7, 11) is 4.67. The van der Waals surface area contributed by atoms with Crippen molar-refractivity contribution in [1.82, 2.24) is 15.1 Å².